The molecule has 2 aromatic rings. The summed E-state index contributed by atoms with van der Waals surface area (Å²) in [6, 6.07) is 6.21. The third-order valence-corrected chi connectivity index (χ3v) is 8.05. The molecule has 0 aliphatic heterocycles. The molecule has 0 aromatic heterocycles. The van der Waals surface area contributed by atoms with Gasteiger partial charge in [-0.2, -0.15) is 13.2 Å². The van der Waals surface area contributed by atoms with Crippen LogP contribution in [0.2, 0.25) is 5.02 Å². The summed E-state index contributed by atoms with van der Waals surface area (Å²) in [6.45, 7) is 0.385. The van der Waals surface area contributed by atoms with Crippen molar-refractivity contribution in [3.05, 3.63) is 64.4 Å². The maximum absolute atomic E-state index is 13.6. The minimum absolute atomic E-state index is 0.0621. The van der Waals surface area contributed by atoms with E-state index in [1.165, 1.54) is 31.2 Å². The van der Waals surface area contributed by atoms with Crippen LogP contribution in [-0.2, 0) is 32.3 Å². The van der Waals surface area contributed by atoms with Gasteiger partial charge in [-0.1, -0.05) is 43.0 Å². The number of carbonyl (C=O) groups is 2. The highest BCUT2D eigenvalue weighted by Gasteiger charge is 2.35. The number of benzene rings is 2. The van der Waals surface area contributed by atoms with Crippen LogP contribution in [0, 0.1) is 5.82 Å². The second-order valence-corrected chi connectivity index (χ2v) is 11.9. The SMILES string of the molecule is C[C@H](C(=O)NC1CCCCC1)N(Cc1ccc(F)cc1)C(=O)CN(c1cc(C(F)(F)F)ccc1Cl)S(C)(=O)=O. The van der Waals surface area contributed by atoms with E-state index in [0.29, 0.717) is 22.0 Å². The highest BCUT2D eigenvalue weighted by atomic mass is 35.5. The zero-order valence-electron chi connectivity index (χ0n) is 21.5. The smallest absolute Gasteiger partial charge is 0.352 e. The number of amides is 2. The van der Waals surface area contributed by atoms with Crippen LogP contribution in [0.1, 0.15) is 50.2 Å². The van der Waals surface area contributed by atoms with Crippen molar-refractivity contribution < 1.29 is 35.6 Å². The van der Waals surface area contributed by atoms with E-state index in [-0.39, 0.29) is 17.6 Å². The predicted octanol–water partition coefficient (Wildman–Crippen LogP) is 5.13. The molecular weight excluding hydrogens is 562 g/mol. The van der Waals surface area contributed by atoms with Crippen molar-refractivity contribution in [2.24, 2.45) is 0 Å². The normalized spacial score (nSPS) is 15.5. The average Bonchev–Trinajstić information content (AvgIpc) is 2.86. The van der Waals surface area contributed by atoms with Crippen molar-refractivity contribution in [1.29, 1.82) is 0 Å². The molecule has 1 atom stereocenters. The van der Waals surface area contributed by atoms with E-state index < -0.39 is 57.7 Å². The molecule has 1 aliphatic rings. The largest absolute Gasteiger partial charge is 0.416 e. The quantitative estimate of drug-likeness (QED) is 0.410. The van der Waals surface area contributed by atoms with Crippen molar-refractivity contribution in [2.75, 3.05) is 17.1 Å². The van der Waals surface area contributed by atoms with Gasteiger partial charge in [-0.15, -0.1) is 0 Å². The zero-order chi connectivity index (χ0) is 29.0. The lowest BCUT2D eigenvalue weighted by Gasteiger charge is -2.33. The molecule has 1 N–H and O–H groups in total. The molecule has 13 heteroatoms. The lowest BCUT2D eigenvalue weighted by atomic mass is 9.95. The fraction of sp³-hybridized carbons (Fsp3) is 0.462. The third-order valence-electron chi connectivity index (χ3n) is 6.61. The average molecular weight is 592 g/mol. The highest BCUT2D eigenvalue weighted by molar-refractivity contribution is 7.92. The van der Waals surface area contributed by atoms with Gasteiger partial charge in [0, 0.05) is 12.6 Å². The summed E-state index contributed by atoms with van der Waals surface area (Å²) in [5.74, 6) is -1.83. The van der Waals surface area contributed by atoms with Gasteiger partial charge in [0.2, 0.25) is 21.8 Å². The Morgan fingerprint density at radius 2 is 1.69 bits per heavy atom. The molecule has 39 heavy (non-hydrogen) atoms. The monoisotopic (exact) mass is 591 g/mol. The summed E-state index contributed by atoms with van der Waals surface area (Å²) in [5, 5.41) is 2.62. The fourth-order valence-electron chi connectivity index (χ4n) is 4.41. The fourth-order valence-corrected chi connectivity index (χ4v) is 5.54. The van der Waals surface area contributed by atoms with Crippen LogP contribution < -0.4 is 9.62 Å². The van der Waals surface area contributed by atoms with E-state index in [4.69, 9.17) is 11.6 Å². The van der Waals surface area contributed by atoms with Crippen LogP contribution in [0.5, 0.6) is 0 Å². The second kappa shape index (κ2) is 12.5. The number of nitrogens with one attached hydrogen (secondary N) is 1. The summed E-state index contributed by atoms with van der Waals surface area (Å²) >= 11 is 6.08. The van der Waals surface area contributed by atoms with E-state index in [2.05, 4.69) is 5.32 Å². The van der Waals surface area contributed by atoms with Crippen LogP contribution in [0.15, 0.2) is 42.5 Å². The number of rotatable bonds is 9. The van der Waals surface area contributed by atoms with Gasteiger partial charge in [-0.05, 0) is 55.7 Å². The molecule has 2 amide bonds. The first kappa shape index (κ1) is 30.7. The van der Waals surface area contributed by atoms with Crippen LogP contribution in [-0.4, -0.2) is 50.0 Å². The molecule has 1 aliphatic carbocycles. The Labute approximate surface area is 230 Å². The van der Waals surface area contributed by atoms with Crippen molar-refractivity contribution >= 4 is 39.1 Å². The lowest BCUT2D eigenvalue weighted by molar-refractivity contribution is -0.139. The van der Waals surface area contributed by atoms with E-state index >= 15 is 0 Å². The van der Waals surface area contributed by atoms with E-state index in [1.54, 1.807) is 0 Å². The second-order valence-electron chi connectivity index (χ2n) is 9.60. The van der Waals surface area contributed by atoms with E-state index in [1.807, 2.05) is 0 Å². The van der Waals surface area contributed by atoms with Crippen molar-refractivity contribution in [1.82, 2.24) is 10.2 Å². The topological polar surface area (TPSA) is 86.8 Å². The number of sulfonamides is 1. The molecule has 0 bridgehead atoms. The maximum Gasteiger partial charge on any atom is 0.416 e. The Balaban J connectivity index is 1.94. The first-order chi connectivity index (χ1) is 18.2. The van der Waals surface area contributed by atoms with Gasteiger partial charge in [0.05, 0.1) is 22.5 Å². The molecule has 0 unspecified atom stereocenters. The number of anilines is 1. The van der Waals surface area contributed by atoms with E-state index in [0.717, 1.165) is 49.3 Å². The standard InChI is InChI=1S/C26H30ClF4N3O4S/c1-17(25(36)32-21-6-4-3-5-7-21)33(15-18-8-11-20(28)12-9-18)24(35)16-34(39(2,37)38)23-14-19(26(29,30)31)10-13-22(23)27/h8-14,17,21H,3-7,15-16H2,1-2H3,(H,32,36)/t17-/m1/s1. The minimum Gasteiger partial charge on any atom is -0.352 e. The number of hydrogen-bond acceptors (Lipinski definition) is 4. The number of nitrogens with zero attached hydrogens (tertiary/aromatic N) is 2. The molecule has 214 valence electrons. The summed E-state index contributed by atoms with van der Waals surface area (Å²) < 4.78 is 79.3. The van der Waals surface area contributed by atoms with Crippen LogP contribution in [0.4, 0.5) is 23.2 Å². The molecule has 0 spiro atoms. The van der Waals surface area contributed by atoms with Crippen molar-refractivity contribution in [2.45, 2.75) is 63.8 Å². The first-order valence-electron chi connectivity index (χ1n) is 12.4. The van der Waals surface area contributed by atoms with E-state index in [9.17, 15) is 35.6 Å². The van der Waals surface area contributed by atoms with Gasteiger partial charge in [0.25, 0.3) is 0 Å². The van der Waals surface area contributed by atoms with Gasteiger partial charge in [-0.3, -0.25) is 13.9 Å². The molecule has 2 aromatic carbocycles. The lowest BCUT2D eigenvalue weighted by Crippen LogP contribution is -2.53. The Bertz CT molecular complexity index is 1280. The zero-order valence-corrected chi connectivity index (χ0v) is 23.0. The molecular formula is C26H30ClF4N3O4S. The van der Waals surface area contributed by atoms with Crippen LogP contribution >= 0.6 is 11.6 Å². The Morgan fingerprint density at radius 3 is 2.26 bits per heavy atom. The molecule has 1 saturated carbocycles. The van der Waals surface area contributed by atoms with Crippen LogP contribution in [0.3, 0.4) is 0 Å². The van der Waals surface area contributed by atoms with Gasteiger partial charge < -0.3 is 10.2 Å². The van der Waals surface area contributed by atoms with Gasteiger partial charge in [0.15, 0.2) is 0 Å². The highest BCUT2D eigenvalue weighted by Crippen LogP contribution is 2.36. The van der Waals surface area contributed by atoms with Crippen molar-refractivity contribution in [3.63, 3.8) is 0 Å². The molecule has 7 nitrogen and oxygen atoms in total. The molecule has 0 radical (unpaired) electrons. The Morgan fingerprint density at radius 1 is 1.08 bits per heavy atom. The third kappa shape index (κ3) is 8.31. The molecule has 0 heterocycles. The predicted molar refractivity (Wildman–Crippen MR) is 140 cm³/mol. The molecule has 3 rings (SSSR count). The number of hydrogen-bond donors (Lipinski definition) is 1. The molecule has 1 fully saturated rings. The summed E-state index contributed by atoms with van der Waals surface area (Å²) in [6.07, 6.45) is 0.515. The molecule has 0 saturated heterocycles. The van der Waals surface area contributed by atoms with Gasteiger partial charge in [-0.25, -0.2) is 12.8 Å². The Kier molecular flexibility index (Phi) is 9.87. The van der Waals surface area contributed by atoms with Crippen LogP contribution in [0.25, 0.3) is 0 Å². The van der Waals surface area contributed by atoms with Gasteiger partial charge >= 0.3 is 6.18 Å². The Hall–Kier alpha value is -2.86. The summed E-state index contributed by atoms with van der Waals surface area (Å²) in [5.41, 5.74) is -1.21. The van der Waals surface area contributed by atoms with Crippen molar-refractivity contribution in [3.8, 4) is 0 Å². The number of halogens is 5. The summed E-state index contributed by atoms with van der Waals surface area (Å²) in [7, 11) is -4.29. The van der Waals surface area contributed by atoms with Gasteiger partial charge in [0.1, 0.15) is 18.4 Å². The number of carbonyl (C=O) groups excluding carboxylic acids is 2. The number of alkyl halides is 3. The summed E-state index contributed by atoms with van der Waals surface area (Å²) in [4.78, 5) is 27.8. The maximum atomic E-state index is 13.6. The minimum atomic E-state index is -4.78. The first-order valence-corrected chi connectivity index (χ1v) is 14.6.